The van der Waals surface area contributed by atoms with E-state index in [0.717, 1.165) is 0 Å². The number of rotatable bonds is 1. The second-order valence-corrected chi connectivity index (χ2v) is 4.41. The molecule has 0 atom stereocenters. The third-order valence-electron chi connectivity index (χ3n) is 2.73. The molecule has 0 bridgehead atoms. The van der Waals surface area contributed by atoms with E-state index in [4.69, 9.17) is 11.6 Å². The first-order valence-corrected chi connectivity index (χ1v) is 5.97. The molecule has 18 heavy (non-hydrogen) atoms. The molecule has 0 radical (unpaired) electrons. The Morgan fingerprint density at radius 3 is 3.00 bits per heavy atom. The van der Waals surface area contributed by atoms with Gasteiger partial charge in [-0.05, 0) is 18.6 Å². The average Bonchev–Trinajstić information content (AvgIpc) is 2.56. The van der Waals surface area contributed by atoms with Crippen LogP contribution in [0.5, 0.6) is 0 Å². The van der Waals surface area contributed by atoms with Crippen LogP contribution >= 0.6 is 11.6 Å². The maximum Gasteiger partial charge on any atom is 0.255 e. The van der Waals surface area contributed by atoms with Crippen molar-refractivity contribution in [1.82, 2.24) is 10.2 Å². The van der Waals surface area contributed by atoms with Crippen molar-refractivity contribution in [2.24, 2.45) is 0 Å². The zero-order valence-corrected chi connectivity index (χ0v) is 10.3. The summed E-state index contributed by atoms with van der Waals surface area (Å²) in [5.74, 6) is -1.27. The van der Waals surface area contributed by atoms with Crippen LogP contribution in [-0.2, 0) is 4.79 Å². The van der Waals surface area contributed by atoms with E-state index in [1.807, 2.05) is 0 Å². The van der Waals surface area contributed by atoms with Gasteiger partial charge in [-0.25, -0.2) is 4.39 Å². The van der Waals surface area contributed by atoms with Crippen molar-refractivity contribution in [2.45, 2.75) is 6.42 Å². The van der Waals surface area contributed by atoms with Crippen LogP contribution in [0.15, 0.2) is 18.2 Å². The Hall–Kier alpha value is -1.62. The van der Waals surface area contributed by atoms with E-state index in [9.17, 15) is 14.0 Å². The van der Waals surface area contributed by atoms with Gasteiger partial charge in [0.1, 0.15) is 5.82 Å². The summed E-state index contributed by atoms with van der Waals surface area (Å²) >= 11 is 5.76. The van der Waals surface area contributed by atoms with Crippen LogP contribution in [0.1, 0.15) is 16.8 Å². The summed E-state index contributed by atoms with van der Waals surface area (Å²) in [6.07, 6.45) is 0.671. The van der Waals surface area contributed by atoms with Crippen LogP contribution in [-0.4, -0.2) is 36.3 Å². The highest BCUT2D eigenvalue weighted by Gasteiger charge is 2.23. The number of nitrogens with zero attached hydrogens (tertiary/aromatic N) is 1. The standard InChI is InChI=1S/C12H12ClFN2O2/c13-11-8(3-1-4-9(11)14)12(18)16-6-2-5-15-10(17)7-16/h1,3-4H,2,5-7H2,(H,15,17). The molecule has 0 aliphatic carbocycles. The molecular weight excluding hydrogens is 259 g/mol. The van der Waals surface area contributed by atoms with E-state index in [1.54, 1.807) is 0 Å². The molecule has 0 spiro atoms. The van der Waals surface area contributed by atoms with Gasteiger partial charge in [-0.1, -0.05) is 17.7 Å². The smallest absolute Gasteiger partial charge is 0.255 e. The molecule has 0 aromatic heterocycles. The van der Waals surface area contributed by atoms with Gasteiger partial charge in [-0.2, -0.15) is 0 Å². The highest BCUT2D eigenvalue weighted by atomic mass is 35.5. The van der Waals surface area contributed by atoms with Gasteiger partial charge in [0.25, 0.3) is 5.91 Å². The first kappa shape index (κ1) is 12.8. The summed E-state index contributed by atoms with van der Waals surface area (Å²) in [7, 11) is 0. The van der Waals surface area contributed by atoms with Gasteiger partial charge in [0, 0.05) is 13.1 Å². The van der Waals surface area contributed by atoms with Crippen LogP contribution in [0.2, 0.25) is 5.02 Å². The monoisotopic (exact) mass is 270 g/mol. The molecule has 6 heteroatoms. The quantitative estimate of drug-likeness (QED) is 0.840. The molecule has 1 aliphatic heterocycles. The Labute approximate surface area is 109 Å². The maximum atomic E-state index is 13.3. The third-order valence-corrected chi connectivity index (χ3v) is 3.11. The summed E-state index contributed by atoms with van der Waals surface area (Å²) < 4.78 is 13.3. The molecule has 1 heterocycles. The van der Waals surface area contributed by atoms with Gasteiger partial charge < -0.3 is 10.2 Å². The lowest BCUT2D eigenvalue weighted by Gasteiger charge is -2.19. The zero-order valence-electron chi connectivity index (χ0n) is 9.58. The number of carbonyl (C=O) groups excluding carboxylic acids is 2. The summed E-state index contributed by atoms with van der Waals surface area (Å²) in [6, 6.07) is 4.07. The maximum absolute atomic E-state index is 13.3. The van der Waals surface area contributed by atoms with Crippen molar-refractivity contribution in [3.63, 3.8) is 0 Å². The number of carbonyl (C=O) groups is 2. The highest BCUT2D eigenvalue weighted by molar-refractivity contribution is 6.34. The summed E-state index contributed by atoms with van der Waals surface area (Å²) in [5, 5.41) is 2.47. The average molecular weight is 271 g/mol. The fourth-order valence-corrected chi connectivity index (χ4v) is 2.03. The van der Waals surface area contributed by atoms with Crippen LogP contribution in [0.4, 0.5) is 4.39 Å². The number of nitrogens with one attached hydrogen (secondary N) is 1. The van der Waals surface area contributed by atoms with Crippen LogP contribution in [0, 0.1) is 5.82 Å². The molecule has 96 valence electrons. The first-order valence-electron chi connectivity index (χ1n) is 5.59. The lowest BCUT2D eigenvalue weighted by molar-refractivity contribution is -0.121. The van der Waals surface area contributed by atoms with E-state index in [2.05, 4.69) is 5.32 Å². The Bertz CT molecular complexity index is 493. The van der Waals surface area contributed by atoms with Crippen molar-refractivity contribution < 1.29 is 14.0 Å². The molecule has 2 amide bonds. The minimum atomic E-state index is -0.637. The minimum absolute atomic E-state index is 0.0221. The molecule has 1 aromatic rings. The molecule has 1 aliphatic rings. The van der Waals surface area contributed by atoms with E-state index in [0.29, 0.717) is 19.5 Å². The summed E-state index contributed by atoms with van der Waals surface area (Å²) in [6.45, 7) is 0.968. The summed E-state index contributed by atoms with van der Waals surface area (Å²) in [5.41, 5.74) is 0.0892. The second kappa shape index (κ2) is 5.35. The Morgan fingerprint density at radius 1 is 1.44 bits per heavy atom. The largest absolute Gasteiger partial charge is 0.354 e. The van der Waals surface area contributed by atoms with Crippen LogP contribution < -0.4 is 5.32 Å². The number of hydrogen-bond acceptors (Lipinski definition) is 2. The number of halogens is 2. The third kappa shape index (κ3) is 2.61. The topological polar surface area (TPSA) is 49.4 Å². The van der Waals surface area contributed by atoms with E-state index >= 15 is 0 Å². The Kier molecular flexibility index (Phi) is 3.81. The SMILES string of the molecule is O=C1CN(C(=O)c2cccc(F)c2Cl)CCCN1. The predicted octanol–water partition coefficient (Wildman–Crippen LogP) is 1.44. The molecule has 1 saturated heterocycles. The highest BCUT2D eigenvalue weighted by Crippen LogP contribution is 2.21. The molecule has 1 aromatic carbocycles. The van der Waals surface area contributed by atoms with Crippen molar-refractivity contribution in [2.75, 3.05) is 19.6 Å². The number of benzene rings is 1. The van der Waals surface area contributed by atoms with E-state index in [1.165, 1.54) is 23.1 Å². The molecule has 0 unspecified atom stereocenters. The fourth-order valence-electron chi connectivity index (χ4n) is 1.82. The second-order valence-electron chi connectivity index (χ2n) is 4.03. The van der Waals surface area contributed by atoms with Gasteiger partial charge >= 0.3 is 0 Å². The van der Waals surface area contributed by atoms with Crippen LogP contribution in [0.25, 0.3) is 0 Å². The molecule has 1 N–H and O–H groups in total. The summed E-state index contributed by atoms with van der Waals surface area (Å²) in [4.78, 5) is 24.9. The molecular formula is C12H12ClFN2O2. The number of hydrogen-bond donors (Lipinski definition) is 1. The van der Waals surface area contributed by atoms with E-state index in [-0.39, 0.29) is 23.0 Å². The molecule has 2 rings (SSSR count). The lowest BCUT2D eigenvalue weighted by atomic mass is 10.2. The fraction of sp³-hybridized carbons (Fsp3) is 0.333. The van der Waals surface area contributed by atoms with Gasteiger partial charge in [-0.15, -0.1) is 0 Å². The lowest BCUT2D eigenvalue weighted by Crippen LogP contribution is -2.37. The van der Waals surface area contributed by atoms with Gasteiger partial charge in [-0.3, -0.25) is 9.59 Å². The predicted molar refractivity (Wildman–Crippen MR) is 64.9 cm³/mol. The molecule has 4 nitrogen and oxygen atoms in total. The first-order chi connectivity index (χ1) is 8.59. The van der Waals surface area contributed by atoms with Gasteiger partial charge in [0.05, 0.1) is 17.1 Å². The number of amides is 2. The molecule has 1 fully saturated rings. The Balaban J connectivity index is 2.24. The van der Waals surface area contributed by atoms with Crippen molar-refractivity contribution in [3.05, 3.63) is 34.6 Å². The van der Waals surface area contributed by atoms with Crippen molar-refractivity contribution in [1.29, 1.82) is 0 Å². The van der Waals surface area contributed by atoms with E-state index < -0.39 is 11.7 Å². The van der Waals surface area contributed by atoms with Gasteiger partial charge in [0.2, 0.25) is 5.91 Å². The van der Waals surface area contributed by atoms with Crippen molar-refractivity contribution in [3.8, 4) is 0 Å². The normalized spacial score (nSPS) is 16.1. The van der Waals surface area contributed by atoms with Crippen molar-refractivity contribution >= 4 is 23.4 Å². The minimum Gasteiger partial charge on any atom is -0.354 e. The van der Waals surface area contributed by atoms with Crippen LogP contribution in [0.3, 0.4) is 0 Å². The molecule has 0 saturated carbocycles. The van der Waals surface area contributed by atoms with Gasteiger partial charge in [0.15, 0.2) is 0 Å². The Morgan fingerprint density at radius 2 is 2.22 bits per heavy atom. The zero-order chi connectivity index (χ0) is 13.1.